The van der Waals surface area contributed by atoms with Crippen LogP contribution in [0.15, 0.2) is 24.4 Å². The molecule has 0 saturated heterocycles. The summed E-state index contributed by atoms with van der Waals surface area (Å²) in [6, 6.07) is 6.04. The largest absolute Gasteiger partial charge is 0.493 e. The number of ether oxygens (including phenoxy) is 1. The van der Waals surface area contributed by atoms with Crippen LogP contribution in [0, 0.1) is 0 Å². The molecule has 2 aromatic rings. The molecule has 0 amide bonds. The molecule has 0 aliphatic carbocycles. The Hall–Kier alpha value is -1.64. The molecule has 0 spiro atoms. The third-order valence-corrected chi connectivity index (χ3v) is 2.58. The molecule has 1 aromatic heterocycles. The van der Waals surface area contributed by atoms with Gasteiger partial charge in [0.1, 0.15) is 5.75 Å². The topological polar surface area (TPSA) is 40.2 Å². The zero-order chi connectivity index (χ0) is 8.84. The van der Waals surface area contributed by atoms with Gasteiger partial charge in [0.15, 0.2) is 0 Å². The SMILES string of the molecule is Nn1ccc2c3c(ccc21)OCC3. The Labute approximate surface area is 75.7 Å². The van der Waals surface area contributed by atoms with Gasteiger partial charge in [-0.2, -0.15) is 0 Å². The fourth-order valence-electron chi connectivity index (χ4n) is 1.93. The van der Waals surface area contributed by atoms with Crippen LogP contribution in [-0.4, -0.2) is 11.3 Å². The van der Waals surface area contributed by atoms with E-state index in [1.54, 1.807) is 4.68 Å². The summed E-state index contributed by atoms with van der Waals surface area (Å²) in [4.78, 5) is 0. The molecule has 1 aliphatic heterocycles. The average Bonchev–Trinajstić information content (AvgIpc) is 2.70. The molecule has 0 unspecified atom stereocenters. The monoisotopic (exact) mass is 174 g/mol. The maximum Gasteiger partial charge on any atom is 0.123 e. The van der Waals surface area contributed by atoms with Gasteiger partial charge in [0.25, 0.3) is 0 Å². The van der Waals surface area contributed by atoms with Crippen molar-refractivity contribution in [3.8, 4) is 5.75 Å². The minimum Gasteiger partial charge on any atom is -0.493 e. The summed E-state index contributed by atoms with van der Waals surface area (Å²) < 4.78 is 7.11. The van der Waals surface area contributed by atoms with Crippen molar-refractivity contribution in [3.63, 3.8) is 0 Å². The predicted octanol–water partition coefficient (Wildman–Crippen LogP) is 1.29. The van der Waals surface area contributed by atoms with Crippen molar-refractivity contribution < 1.29 is 4.74 Å². The van der Waals surface area contributed by atoms with Gasteiger partial charge < -0.3 is 10.6 Å². The van der Waals surface area contributed by atoms with Gasteiger partial charge in [-0.3, -0.25) is 4.68 Å². The van der Waals surface area contributed by atoms with E-state index in [4.69, 9.17) is 10.6 Å². The Balaban J connectivity index is 2.44. The van der Waals surface area contributed by atoms with Gasteiger partial charge in [0, 0.05) is 23.6 Å². The van der Waals surface area contributed by atoms with Gasteiger partial charge in [-0.1, -0.05) is 0 Å². The van der Waals surface area contributed by atoms with Gasteiger partial charge >= 0.3 is 0 Å². The molecule has 0 fully saturated rings. The zero-order valence-corrected chi connectivity index (χ0v) is 7.16. The lowest BCUT2D eigenvalue weighted by atomic mass is 10.1. The highest BCUT2D eigenvalue weighted by Gasteiger charge is 2.15. The van der Waals surface area contributed by atoms with Crippen molar-refractivity contribution in [2.75, 3.05) is 12.4 Å². The predicted molar refractivity (Wildman–Crippen MR) is 51.3 cm³/mol. The van der Waals surface area contributed by atoms with Crippen LogP contribution in [0.5, 0.6) is 5.75 Å². The Morgan fingerprint density at radius 3 is 3.15 bits per heavy atom. The smallest absolute Gasteiger partial charge is 0.123 e. The second-order valence-electron chi connectivity index (χ2n) is 3.30. The summed E-state index contributed by atoms with van der Waals surface area (Å²) >= 11 is 0. The third kappa shape index (κ3) is 0.786. The normalized spacial score (nSPS) is 14.5. The highest BCUT2D eigenvalue weighted by Crippen LogP contribution is 2.32. The number of fused-ring (bicyclic) bond motifs is 3. The van der Waals surface area contributed by atoms with Gasteiger partial charge in [-0.15, -0.1) is 0 Å². The summed E-state index contributed by atoms with van der Waals surface area (Å²) in [5.74, 6) is 6.76. The number of nitrogens with zero attached hydrogens (tertiary/aromatic N) is 1. The molecule has 3 rings (SSSR count). The molecule has 2 N–H and O–H groups in total. The fourth-order valence-corrected chi connectivity index (χ4v) is 1.93. The van der Waals surface area contributed by atoms with E-state index in [2.05, 4.69) is 0 Å². The molecule has 1 aliphatic rings. The molecule has 0 radical (unpaired) electrons. The highest BCUT2D eigenvalue weighted by molar-refractivity contribution is 5.86. The lowest BCUT2D eigenvalue weighted by Crippen LogP contribution is -2.04. The standard InChI is InChI=1S/C10H10N2O/c11-12-5-3-7-8-4-6-13-10(8)2-1-9(7)12/h1-3,5H,4,6,11H2. The summed E-state index contributed by atoms with van der Waals surface area (Å²) in [5, 5.41) is 1.22. The van der Waals surface area contributed by atoms with Crippen LogP contribution >= 0.6 is 0 Å². The number of rotatable bonds is 0. The van der Waals surface area contributed by atoms with Crippen LogP contribution in [0.4, 0.5) is 0 Å². The lowest BCUT2D eigenvalue weighted by Gasteiger charge is -2.00. The van der Waals surface area contributed by atoms with Gasteiger partial charge in [0.2, 0.25) is 0 Å². The van der Waals surface area contributed by atoms with E-state index in [0.717, 1.165) is 24.3 Å². The maximum atomic E-state index is 5.75. The van der Waals surface area contributed by atoms with Crippen molar-refractivity contribution in [3.05, 3.63) is 30.0 Å². The molecule has 2 heterocycles. The molecule has 0 atom stereocenters. The molecule has 3 heteroatoms. The summed E-state index contributed by atoms with van der Waals surface area (Å²) in [5.41, 5.74) is 2.37. The first-order valence-corrected chi connectivity index (χ1v) is 4.37. The molecule has 13 heavy (non-hydrogen) atoms. The maximum absolute atomic E-state index is 5.75. The zero-order valence-electron chi connectivity index (χ0n) is 7.16. The second-order valence-corrected chi connectivity index (χ2v) is 3.30. The van der Waals surface area contributed by atoms with E-state index in [1.165, 1.54) is 10.9 Å². The van der Waals surface area contributed by atoms with E-state index in [9.17, 15) is 0 Å². The molecular weight excluding hydrogens is 164 g/mol. The number of aromatic nitrogens is 1. The number of nitrogens with two attached hydrogens (primary N) is 1. The van der Waals surface area contributed by atoms with Crippen molar-refractivity contribution in [2.45, 2.75) is 6.42 Å². The quantitative estimate of drug-likeness (QED) is 0.611. The Morgan fingerprint density at radius 2 is 2.23 bits per heavy atom. The van der Waals surface area contributed by atoms with E-state index in [-0.39, 0.29) is 0 Å². The molecule has 66 valence electrons. The number of benzene rings is 1. The number of hydrogen-bond acceptors (Lipinski definition) is 2. The van der Waals surface area contributed by atoms with E-state index in [1.807, 2.05) is 24.4 Å². The Morgan fingerprint density at radius 1 is 1.31 bits per heavy atom. The van der Waals surface area contributed by atoms with E-state index in [0.29, 0.717) is 0 Å². The van der Waals surface area contributed by atoms with Crippen molar-refractivity contribution in [1.29, 1.82) is 0 Å². The second kappa shape index (κ2) is 2.19. The van der Waals surface area contributed by atoms with Crippen LogP contribution < -0.4 is 10.6 Å². The fraction of sp³-hybridized carbons (Fsp3) is 0.200. The minimum atomic E-state index is 0.796. The van der Waals surface area contributed by atoms with Crippen LogP contribution in [0.2, 0.25) is 0 Å². The minimum absolute atomic E-state index is 0.796. The van der Waals surface area contributed by atoms with E-state index < -0.39 is 0 Å². The van der Waals surface area contributed by atoms with Gasteiger partial charge in [-0.25, -0.2) is 0 Å². The third-order valence-electron chi connectivity index (χ3n) is 2.58. The van der Waals surface area contributed by atoms with Crippen LogP contribution in [0.1, 0.15) is 5.56 Å². The Kier molecular flexibility index (Phi) is 1.15. The molecule has 1 aromatic carbocycles. The lowest BCUT2D eigenvalue weighted by molar-refractivity contribution is 0.357. The highest BCUT2D eigenvalue weighted by atomic mass is 16.5. The van der Waals surface area contributed by atoms with Crippen molar-refractivity contribution in [2.24, 2.45) is 0 Å². The van der Waals surface area contributed by atoms with Gasteiger partial charge in [0.05, 0.1) is 12.1 Å². The van der Waals surface area contributed by atoms with Crippen molar-refractivity contribution >= 4 is 10.9 Å². The summed E-state index contributed by atoms with van der Waals surface area (Å²) in [7, 11) is 0. The van der Waals surface area contributed by atoms with Gasteiger partial charge in [-0.05, 0) is 18.2 Å². The first-order chi connectivity index (χ1) is 6.36. The summed E-state index contributed by atoms with van der Waals surface area (Å²) in [6.45, 7) is 0.796. The molecule has 0 bridgehead atoms. The number of nitrogen functional groups attached to an aromatic ring is 1. The first kappa shape index (κ1) is 6.83. The molecule has 0 saturated carbocycles. The van der Waals surface area contributed by atoms with Crippen LogP contribution in [0.3, 0.4) is 0 Å². The molecule has 3 nitrogen and oxygen atoms in total. The molecular formula is C10H10N2O. The summed E-state index contributed by atoms with van der Waals surface area (Å²) in [6.07, 6.45) is 2.87. The van der Waals surface area contributed by atoms with Crippen LogP contribution in [-0.2, 0) is 6.42 Å². The van der Waals surface area contributed by atoms with Crippen molar-refractivity contribution in [1.82, 2.24) is 4.68 Å². The van der Waals surface area contributed by atoms with E-state index >= 15 is 0 Å². The first-order valence-electron chi connectivity index (χ1n) is 4.37. The Bertz CT molecular complexity index is 473. The number of hydrogen-bond donors (Lipinski definition) is 1. The van der Waals surface area contributed by atoms with Crippen LogP contribution in [0.25, 0.3) is 10.9 Å². The average molecular weight is 174 g/mol.